The third-order valence-electron chi connectivity index (χ3n) is 1.34. The first-order chi connectivity index (χ1) is 4.88. The van der Waals surface area contributed by atoms with Gasteiger partial charge in [-0.15, -0.1) is 12.1 Å². The summed E-state index contributed by atoms with van der Waals surface area (Å²) in [6, 6.07) is 8.08. The Balaban J connectivity index is 3.07. The quantitative estimate of drug-likeness (QED) is 0.393. The molecule has 0 saturated carbocycles. The summed E-state index contributed by atoms with van der Waals surface area (Å²) in [6.45, 7) is 0. The number of hydrogen-bond donors (Lipinski definition) is 2. The number of aromatic nitrogens is 3. The van der Waals surface area contributed by atoms with E-state index >= 15 is 0 Å². The van der Waals surface area contributed by atoms with Gasteiger partial charge in [0.25, 0.3) is 0 Å². The first-order valence-corrected chi connectivity index (χ1v) is 2.87. The average molecular weight is 135 g/mol. The first kappa shape index (κ1) is 5.22. The molecule has 2 aromatic rings. The smallest absolute Gasteiger partial charge is 0.140 e. The van der Waals surface area contributed by atoms with E-state index < -0.39 is 0 Å². The van der Waals surface area contributed by atoms with Gasteiger partial charge in [-0.25, -0.2) is 0 Å². The third-order valence-corrected chi connectivity index (χ3v) is 1.34. The van der Waals surface area contributed by atoms with Crippen LogP contribution in [0.25, 0.3) is 11.0 Å². The Morgan fingerprint density at radius 2 is 2.50 bits per heavy atom. The van der Waals surface area contributed by atoms with Gasteiger partial charge in [-0.2, -0.15) is 17.2 Å². The Morgan fingerprint density at radius 3 is 3.30 bits per heavy atom. The lowest BCUT2D eigenvalue weighted by atomic mass is 10.3. The highest BCUT2D eigenvalue weighted by atomic mass is 16.3. The SMILES string of the molecule is O=[n+]1[nH][nH]c2[c-]cccc21. The minimum Gasteiger partial charge on any atom is -0.195 e. The molecule has 10 heavy (non-hydrogen) atoms. The Kier molecular flexibility index (Phi) is 0.887. The Labute approximate surface area is 56.1 Å². The van der Waals surface area contributed by atoms with E-state index in [1.807, 2.05) is 0 Å². The fourth-order valence-corrected chi connectivity index (χ4v) is 0.864. The number of nitrogens with zero attached hydrogens (tertiary/aromatic N) is 1. The van der Waals surface area contributed by atoms with Gasteiger partial charge >= 0.3 is 0 Å². The second kappa shape index (κ2) is 1.70. The summed E-state index contributed by atoms with van der Waals surface area (Å²) in [6.07, 6.45) is 0. The number of para-hydroxylation sites is 1. The fraction of sp³-hybridized carbons (Fsp3) is 0. The van der Waals surface area contributed by atoms with Crippen LogP contribution in [0.3, 0.4) is 0 Å². The van der Waals surface area contributed by atoms with Crippen molar-refractivity contribution in [2.45, 2.75) is 0 Å². The van der Waals surface area contributed by atoms with E-state index in [1.54, 1.807) is 18.2 Å². The number of hydrogen-bond acceptors (Lipinski definition) is 1. The molecule has 0 radical (unpaired) electrons. The van der Waals surface area contributed by atoms with E-state index in [4.69, 9.17) is 0 Å². The number of aromatic amines is 2. The summed E-state index contributed by atoms with van der Waals surface area (Å²) >= 11 is 0. The van der Waals surface area contributed by atoms with Crippen molar-refractivity contribution in [3.63, 3.8) is 0 Å². The summed E-state index contributed by atoms with van der Waals surface area (Å²) in [5.74, 6) is 0. The van der Waals surface area contributed by atoms with Crippen LogP contribution in [-0.2, 0) is 0 Å². The number of rotatable bonds is 0. The second-order valence-corrected chi connectivity index (χ2v) is 1.96. The molecular formula is C6H5N3O. The third kappa shape index (κ3) is 0.556. The Bertz CT molecular complexity index is 400. The van der Waals surface area contributed by atoms with Gasteiger partial charge in [0.15, 0.2) is 0 Å². The maximum atomic E-state index is 10.8. The molecule has 1 aromatic carbocycles. The summed E-state index contributed by atoms with van der Waals surface area (Å²) in [5.41, 5.74) is 1.26. The van der Waals surface area contributed by atoms with Crippen LogP contribution in [0, 0.1) is 11.0 Å². The van der Waals surface area contributed by atoms with Crippen LogP contribution in [0.4, 0.5) is 0 Å². The molecule has 50 valence electrons. The predicted molar refractivity (Wildman–Crippen MR) is 34.9 cm³/mol. The minimum atomic E-state index is 0.572. The fourth-order valence-electron chi connectivity index (χ4n) is 0.864. The minimum absolute atomic E-state index is 0.572. The van der Waals surface area contributed by atoms with Gasteiger partial charge in [-0.1, -0.05) is 10.1 Å². The maximum Gasteiger partial charge on any atom is 0.140 e. The molecule has 2 rings (SSSR count). The molecule has 2 N–H and O–H groups in total. The largest absolute Gasteiger partial charge is 0.195 e. The van der Waals surface area contributed by atoms with E-state index in [2.05, 4.69) is 16.4 Å². The number of fused-ring (bicyclic) bond motifs is 1. The second-order valence-electron chi connectivity index (χ2n) is 1.96. The zero-order valence-electron chi connectivity index (χ0n) is 5.09. The van der Waals surface area contributed by atoms with Crippen LogP contribution in [0.2, 0.25) is 0 Å². The van der Waals surface area contributed by atoms with E-state index in [0.29, 0.717) is 15.6 Å². The van der Waals surface area contributed by atoms with E-state index in [1.165, 1.54) is 0 Å². The molecule has 1 aromatic heterocycles. The van der Waals surface area contributed by atoms with Gasteiger partial charge in [0, 0.05) is 4.54 Å². The molecule has 0 bridgehead atoms. The summed E-state index contributed by atoms with van der Waals surface area (Å²) < 4.78 is 0.659. The van der Waals surface area contributed by atoms with Crippen molar-refractivity contribution in [2.24, 2.45) is 0 Å². The lowest BCUT2D eigenvalue weighted by Gasteiger charge is -1.83. The Morgan fingerprint density at radius 1 is 1.60 bits per heavy atom. The van der Waals surface area contributed by atoms with Crippen molar-refractivity contribution in [1.82, 2.24) is 10.3 Å². The molecule has 4 nitrogen and oxygen atoms in total. The standard InChI is InChI=1S/C6H5N3O/c10-9-6-4-2-1-3-5(6)7-8-9/h1-2,4H,(H2,7,8,10). The van der Waals surface area contributed by atoms with Crippen molar-refractivity contribution in [2.75, 3.05) is 0 Å². The molecule has 0 aliphatic heterocycles. The lowest BCUT2D eigenvalue weighted by Crippen LogP contribution is -2.14. The summed E-state index contributed by atoms with van der Waals surface area (Å²) in [4.78, 5) is 10.8. The summed E-state index contributed by atoms with van der Waals surface area (Å²) in [5, 5.41) is 5.04. The molecule has 0 saturated heterocycles. The zero-order chi connectivity index (χ0) is 6.97. The number of H-pyrrole nitrogens is 2. The number of benzene rings is 1. The van der Waals surface area contributed by atoms with Crippen LogP contribution >= 0.6 is 0 Å². The highest BCUT2D eigenvalue weighted by molar-refractivity contribution is 5.68. The molecule has 0 amide bonds. The first-order valence-electron chi connectivity index (χ1n) is 2.87. The van der Waals surface area contributed by atoms with Crippen LogP contribution in [-0.4, -0.2) is 10.3 Å². The monoisotopic (exact) mass is 135 g/mol. The molecule has 0 fully saturated rings. The highest BCUT2D eigenvalue weighted by Crippen LogP contribution is 2.00. The molecule has 0 unspecified atom stereocenters. The normalized spacial score (nSPS) is 10.4. The van der Waals surface area contributed by atoms with Crippen LogP contribution in [0.5, 0.6) is 0 Å². The van der Waals surface area contributed by atoms with E-state index in [9.17, 15) is 4.91 Å². The van der Waals surface area contributed by atoms with Gasteiger partial charge in [0.2, 0.25) is 0 Å². The maximum absolute atomic E-state index is 10.8. The lowest BCUT2D eigenvalue weighted by molar-refractivity contribution is -0.537. The number of nitrogens with one attached hydrogen (secondary N) is 2. The van der Waals surface area contributed by atoms with E-state index in [-0.39, 0.29) is 0 Å². The average Bonchev–Trinajstić information content (AvgIpc) is 2.34. The van der Waals surface area contributed by atoms with Crippen molar-refractivity contribution >= 4 is 11.0 Å². The molecule has 1 heterocycles. The van der Waals surface area contributed by atoms with Crippen molar-refractivity contribution in [1.29, 1.82) is 0 Å². The predicted octanol–water partition coefficient (Wildman–Crippen LogP) is 0.211. The molecule has 0 aliphatic rings. The van der Waals surface area contributed by atoms with Gasteiger partial charge in [-0.3, -0.25) is 0 Å². The van der Waals surface area contributed by atoms with Gasteiger partial charge in [0.1, 0.15) is 5.52 Å². The van der Waals surface area contributed by atoms with Crippen LogP contribution in [0.1, 0.15) is 0 Å². The van der Waals surface area contributed by atoms with Crippen LogP contribution < -0.4 is 4.54 Å². The molecule has 0 spiro atoms. The summed E-state index contributed by atoms with van der Waals surface area (Å²) in [7, 11) is 0. The Hall–Kier alpha value is -1.58. The van der Waals surface area contributed by atoms with Gasteiger partial charge in [0.05, 0.1) is 5.52 Å². The van der Waals surface area contributed by atoms with Gasteiger partial charge in [-0.05, 0) is 0 Å². The molecule has 4 heteroatoms. The molecule has 0 aliphatic carbocycles. The van der Waals surface area contributed by atoms with E-state index in [0.717, 1.165) is 0 Å². The zero-order valence-corrected chi connectivity index (χ0v) is 5.09. The highest BCUT2D eigenvalue weighted by Gasteiger charge is 1.93. The topological polar surface area (TPSA) is 54.6 Å². The molecule has 0 atom stereocenters. The van der Waals surface area contributed by atoms with Crippen molar-refractivity contribution in [3.8, 4) is 0 Å². The molecular weight excluding hydrogens is 130 g/mol. The van der Waals surface area contributed by atoms with Crippen molar-refractivity contribution < 1.29 is 4.54 Å². The van der Waals surface area contributed by atoms with Crippen molar-refractivity contribution in [3.05, 3.63) is 29.2 Å². The van der Waals surface area contributed by atoms with Crippen LogP contribution in [0.15, 0.2) is 18.2 Å². The van der Waals surface area contributed by atoms with Gasteiger partial charge < -0.3 is 0 Å².